The minimum absolute atomic E-state index is 0.225. The lowest BCUT2D eigenvalue weighted by Crippen LogP contribution is -2.31. The summed E-state index contributed by atoms with van der Waals surface area (Å²) in [7, 11) is 5.84. The first-order valence-electron chi connectivity index (χ1n) is 5.69. The molecule has 0 unspecified atom stereocenters. The Morgan fingerprint density at radius 1 is 1.27 bits per heavy atom. The van der Waals surface area contributed by atoms with Crippen molar-refractivity contribution in [1.82, 2.24) is 15.1 Å². The van der Waals surface area contributed by atoms with Crippen molar-refractivity contribution in [3.05, 3.63) is 0 Å². The van der Waals surface area contributed by atoms with Crippen LogP contribution in [0.25, 0.3) is 0 Å². The predicted octanol–water partition coefficient (Wildman–Crippen LogP) is 0.396. The van der Waals surface area contributed by atoms with E-state index in [4.69, 9.17) is 0 Å². The van der Waals surface area contributed by atoms with Gasteiger partial charge in [0.1, 0.15) is 0 Å². The largest absolute Gasteiger partial charge is 0.346 e. The van der Waals surface area contributed by atoms with Crippen molar-refractivity contribution in [2.24, 2.45) is 0 Å². The van der Waals surface area contributed by atoms with Crippen LogP contribution in [-0.2, 0) is 4.79 Å². The molecule has 1 amide bonds. The Morgan fingerprint density at radius 3 is 2.47 bits per heavy atom. The molecule has 4 nitrogen and oxygen atoms in total. The highest BCUT2D eigenvalue weighted by Gasteiger charge is 2.07. The number of nitrogens with one attached hydrogen (secondary N) is 1. The molecule has 0 aromatic heterocycles. The minimum atomic E-state index is 0.225. The van der Waals surface area contributed by atoms with E-state index < -0.39 is 0 Å². The molecule has 0 radical (unpaired) electrons. The summed E-state index contributed by atoms with van der Waals surface area (Å²) in [6.45, 7) is 5.88. The van der Waals surface area contributed by atoms with E-state index in [0.717, 1.165) is 32.6 Å². The van der Waals surface area contributed by atoms with Crippen molar-refractivity contribution in [3.63, 3.8) is 0 Å². The van der Waals surface area contributed by atoms with Crippen molar-refractivity contribution < 1.29 is 4.79 Å². The van der Waals surface area contributed by atoms with Gasteiger partial charge in [0.05, 0.1) is 0 Å². The molecule has 1 N–H and O–H groups in total. The van der Waals surface area contributed by atoms with Crippen LogP contribution in [0.2, 0.25) is 0 Å². The summed E-state index contributed by atoms with van der Waals surface area (Å²) in [6.07, 6.45) is 1.64. The molecule has 4 heteroatoms. The van der Waals surface area contributed by atoms with E-state index in [9.17, 15) is 4.79 Å². The lowest BCUT2D eigenvalue weighted by Gasteiger charge is -2.19. The van der Waals surface area contributed by atoms with Gasteiger partial charge in [-0.05, 0) is 33.6 Å². The number of amides is 1. The highest BCUT2D eigenvalue weighted by molar-refractivity contribution is 5.75. The normalized spacial score (nSPS) is 10.7. The molecule has 90 valence electrons. The lowest BCUT2D eigenvalue weighted by atomic mass is 10.3. The fraction of sp³-hybridized carbons (Fsp3) is 0.909. The molecule has 0 bridgehead atoms. The molecule has 0 aliphatic heterocycles. The monoisotopic (exact) mass is 215 g/mol. The second kappa shape index (κ2) is 8.68. The van der Waals surface area contributed by atoms with Crippen molar-refractivity contribution in [2.75, 3.05) is 47.3 Å². The van der Waals surface area contributed by atoms with Gasteiger partial charge in [-0.2, -0.15) is 0 Å². The SMILES string of the molecule is CCN(C)CCCN(C)C(=O)CCNC. The molecular weight excluding hydrogens is 190 g/mol. The molecule has 0 saturated heterocycles. The second-order valence-electron chi connectivity index (χ2n) is 3.92. The van der Waals surface area contributed by atoms with Crippen LogP contribution in [0, 0.1) is 0 Å². The number of hydrogen-bond donors (Lipinski definition) is 1. The highest BCUT2D eigenvalue weighted by Crippen LogP contribution is 1.94. The molecule has 15 heavy (non-hydrogen) atoms. The Kier molecular flexibility index (Phi) is 8.33. The van der Waals surface area contributed by atoms with Gasteiger partial charge in [0.15, 0.2) is 0 Å². The summed E-state index contributed by atoms with van der Waals surface area (Å²) in [5.74, 6) is 0.225. The molecule has 0 spiro atoms. The van der Waals surface area contributed by atoms with Gasteiger partial charge >= 0.3 is 0 Å². The Hall–Kier alpha value is -0.610. The molecule has 0 saturated carbocycles. The third kappa shape index (κ3) is 7.33. The summed E-state index contributed by atoms with van der Waals surface area (Å²) >= 11 is 0. The molecular formula is C11H25N3O. The van der Waals surface area contributed by atoms with Gasteiger partial charge in [0.25, 0.3) is 0 Å². The zero-order chi connectivity index (χ0) is 11.7. The van der Waals surface area contributed by atoms with E-state index in [0.29, 0.717) is 6.42 Å². The van der Waals surface area contributed by atoms with Crippen LogP contribution < -0.4 is 5.32 Å². The summed E-state index contributed by atoms with van der Waals surface area (Å²) in [5.41, 5.74) is 0. The first-order chi connectivity index (χ1) is 7.11. The third-order valence-corrected chi connectivity index (χ3v) is 2.59. The van der Waals surface area contributed by atoms with E-state index in [1.807, 2.05) is 19.0 Å². The van der Waals surface area contributed by atoms with E-state index in [1.165, 1.54) is 0 Å². The highest BCUT2D eigenvalue weighted by atomic mass is 16.2. The molecule has 0 fully saturated rings. The molecule has 0 atom stereocenters. The van der Waals surface area contributed by atoms with Crippen LogP contribution in [0.4, 0.5) is 0 Å². The van der Waals surface area contributed by atoms with Crippen molar-refractivity contribution in [3.8, 4) is 0 Å². The minimum Gasteiger partial charge on any atom is -0.346 e. The summed E-state index contributed by atoms with van der Waals surface area (Å²) < 4.78 is 0. The predicted molar refractivity (Wildman–Crippen MR) is 64.0 cm³/mol. The Morgan fingerprint density at radius 2 is 1.93 bits per heavy atom. The van der Waals surface area contributed by atoms with E-state index in [-0.39, 0.29) is 5.91 Å². The lowest BCUT2D eigenvalue weighted by molar-refractivity contribution is -0.129. The maximum atomic E-state index is 11.5. The molecule has 0 rings (SSSR count). The van der Waals surface area contributed by atoms with E-state index in [2.05, 4.69) is 24.2 Å². The fourth-order valence-corrected chi connectivity index (χ4v) is 1.28. The number of nitrogens with zero attached hydrogens (tertiary/aromatic N) is 2. The van der Waals surface area contributed by atoms with Gasteiger partial charge in [0, 0.05) is 26.6 Å². The van der Waals surface area contributed by atoms with Gasteiger partial charge in [-0.1, -0.05) is 6.92 Å². The molecule has 0 aromatic rings. The molecule has 0 aromatic carbocycles. The zero-order valence-electron chi connectivity index (χ0n) is 10.5. The van der Waals surface area contributed by atoms with Gasteiger partial charge < -0.3 is 15.1 Å². The second-order valence-corrected chi connectivity index (χ2v) is 3.92. The first kappa shape index (κ1) is 14.4. The van der Waals surface area contributed by atoms with Crippen LogP contribution in [0.5, 0.6) is 0 Å². The van der Waals surface area contributed by atoms with Crippen LogP contribution in [0.15, 0.2) is 0 Å². The average Bonchev–Trinajstić information content (AvgIpc) is 2.25. The molecule has 0 heterocycles. The maximum absolute atomic E-state index is 11.5. The maximum Gasteiger partial charge on any atom is 0.223 e. The van der Waals surface area contributed by atoms with E-state index in [1.54, 1.807) is 0 Å². The van der Waals surface area contributed by atoms with Crippen LogP contribution >= 0.6 is 0 Å². The topological polar surface area (TPSA) is 35.6 Å². The number of rotatable bonds is 8. The van der Waals surface area contributed by atoms with Crippen molar-refractivity contribution in [1.29, 1.82) is 0 Å². The Labute approximate surface area is 93.6 Å². The van der Waals surface area contributed by atoms with Crippen LogP contribution in [-0.4, -0.2) is 63.0 Å². The van der Waals surface area contributed by atoms with Crippen molar-refractivity contribution in [2.45, 2.75) is 19.8 Å². The molecule has 0 aliphatic rings. The van der Waals surface area contributed by atoms with E-state index >= 15 is 0 Å². The standard InChI is InChI=1S/C11H25N3O/c1-5-13(3)9-6-10-14(4)11(15)7-8-12-2/h12H,5-10H2,1-4H3. The van der Waals surface area contributed by atoms with Crippen LogP contribution in [0.1, 0.15) is 19.8 Å². The van der Waals surface area contributed by atoms with Crippen LogP contribution in [0.3, 0.4) is 0 Å². The number of carbonyl (C=O) groups is 1. The molecule has 0 aliphatic carbocycles. The summed E-state index contributed by atoms with van der Waals surface area (Å²) in [4.78, 5) is 15.6. The quantitative estimate of drug-likeness (QED) is 0.636. The smallest absolute Gasteiger partial charge is 0.223 e. The van der Waals surface area contributed by atoms with Gasteiger partial charge in [-0.3, -0.25) is 4.79 Å². The number of hydrogen-bond acceptors (Lipinski definition) is 3. The van der Waals surface area contributed by atoms with Gasteiger partial charge in [-0.25, -0.2) is 0 Å². The number of carbonyl (C=O) groups excluding carboxylic acids is 1. The Balaban J connectivity index is 3.55. The third-order valence-electron chi connectivity index (χ3n) is 2.59. The first-order valence-corrected chi connectivity index (χ1v) is 5.69. The average molecular weight is 215 g/mol. The summed E-state index contributed by atoms with van der Waals surface area (Å²) in [5, 5.41) is 2.98. The van der Waals surface area contributed by atoms with Gasteiger partial charge in [0.2, 0.25) is 5.91 Å². The Bertz CT molecular complexity index is 173. The summed E-state index contributed by atoms with van der Waals surface area (Å²) in [6, 6.07) is 0. The van der Waals surface area contributed by atoms with Crippen molar-refractivity contribution >= 4 is 5.91 Å². The zero-order valence-corrected chi connectivity index (χ0v) is 10.5. The fourth-order valence-electron chi connectivity index (χ4n) is 1.28. The van der Waals surface area contributed by atoms with Gasteiger partial charge in [-0.15, -0.1) is 0 Å².